The molecule has 2 heterocycles. The first-order chi connectivity index (χ1) is 12.4. The maximum atomic E-state index is 12.6. The number of thiophene rings is 1. The number of ether oxygens (including phenoxy) is 1. The molecular weight excluding hydrogens is 374 g/mol. The molecule has 0 atom stereocenters. The van der Waals surface area contributed by atoms with E-state index in [1.165, 1.54) is 18.1 Å². The fraction of sp³-hybridized carbons (Fsp3) is 0.353. The van der Waals surface area contributed by atoms with E-state index in [1.807, 2.05) is 12.1 Å². The van der Waals surface area contributed by atoms with E-state index in [0.29, 0.717) is 5.69 Å². The minimum absolute atomic E-state index is 0.0663. The summed E-state index contributed by atoms with van der Waals surface area (Å²) in [6.07, 6.45) is 0. The lowest BCUT2D eigenvalue weighted by atomic mass is 10.2. The molecule has 1 aromatic heterocycles. The van der Waals surface area contributed by atoms with E-state index >= 15 is 0 Å². The Labute approximate surface area is 157 Å². The normalized spacial score (nSPS) is 15.7. The van der Waals surface area contributed by atoms with Gasteiger partial charge in [-0.2, -0.15) is 0 Å². The molecule has 1 fully saturated rings. The Hall–Kier alpha value is -2.10. The Bertz CT molecular complexity index is 870. The summed E-state index contributed by atoms with van der Waals surface area (Å²) < 4.78 is 32.4. The lowest BCUT2D eigenvalue weighted by Crippen LogP contribution is -3.12. The smallest absolute Gasteiger partial charge is 0.349 e. The molecule has 2 N–H and O–H groups in total. The summed E-state index contributed by atoms with van der Waals surface area (Å²) in [4.78, 5) is 15.5. The van der Waals surface area contributed by atoms with Gasteiger partial charge in [-0.05, 0) is 35.7 Å². The van der Waals surface area contributed by atoms with Crippen LogP contribution in [0.5, 0.6) is 0 Å². The van der Waals surface area contributed by atoms with Crippen LogP contribution in [-0.4, -0.2) is 54.7 Å². The van der Waals surface area contributed by atoms with Crippen LogP contribution < -0.4 is 14.5 Å². The lowest BCUT2D eigenvalue weighted by Gasteiger charge is -2.31. The summed E-state index contributed by atoms with van der Waals surface area (Å²) in [5.74, 6) is -0.659. The number of nitrogens with one attached hydrogen (secondary N) is 2. The van der Waals surface area contributed by atoms with Crippen LogP contribution in [0.4, 0.5) is 11.4 Å². The Morgan fingerprint density at radius 3 is 2.46 bits per heavy atom. The van der Waals surface area contributed by atoms with Gasteiger partial charge in [0, 0.05) is 11.4 Å². The van der Waals surface area contributed by atoms with Gasteiger partial charge in [-0.15, -0.1) is 11.3 Å². The van der Waals surface area contributed by atoms with Crippen LogP contribution >= 0.6 is 11.3 Å². The second-order valence-corrected chi connectivity index (χ2v) is 8.77. The topological polar surface area (TPSA) is 80.1 Å². The number of methoxy groups -OCH3 is 1. The van der Waals surface area contributed by atoms with Crippen molar-refractivity contribution in [2.45, 2.75) is 4.90 Å². The number of anilines is 2. The van der Waals surface area contributed by atoms with Gasteiger partial charge in [0.15, 0.2) is 0 Å². The number of benzene rings is 1. The first kappa shape index (κ1) is 18.7. The van der Waals surface area contributed by atoms with Crippen molar-refractivity contribution in [3.8, 4) is 0 Å². The number of rotatable bonds is 5. The molecule has 0 amide bonds. The van der Waals surface area contributed by atoms with Gasteiger partial charge in [0.2, 0.25) is 0 Å². The van der Waals surface area contributed by atoms with E-state index in [0.717, 1.165) is 43.2 Å². The fourth-order valence-electron chi connectivity index (χ4n) is 2.85. The molecule has 1 saturated heterocycles. The number of carbonyl (C=O) groups excluding carboxylic acids is 1. The van der Waals surface area contributed by atoms with E-state index < -0.39 is 16.0 Å². The van der Waals surface area contributed by atoms with Gasteiger partial charge in [-0.1, -0.05) is 0 Å². The van der Waals surface area contributed by atoms with Crippen LogP contribution in [0.3, 0.4) is 0 Å². The lowest BCUT2D eigenvalue weighted by molar-refractivity contribution is -0.880. The highest BCUT2D eigenvalue weighted by molar-refractivity contribution is 7.93. The van der Waals surface area contributed by atoms with Gasteiger partial charge in [0.1, 0.15) is 9.77 Å². The molecule has 0 bridgehead atoms. The molecule has 0 radical (unpaired) electrons. The van der Waals surface area contributed by atoms with Crippen LogP contribution in [0.1, 0.15) is 9.67 Å². The largest absolute Gasteiger partial charge is 0.465 e. The van der Waals surface area contributed by atoms with Gasteiger partial charge in [0.05, 0.1) is 40.3 Å². The van der Waals surface area contributed by atoms with Gasteiger partial charge in [-0.3, -0.25) is 4.72 Å². The molecule has 1 aliphatic rings. The number of nitrogens with zero attached hydrogens (tertiary/aromatic N) is 1. The number of hydrogen-bond donors (Lipinski definition) is 2. The SMILES string of the molecule is COC(=O)c1sccc1S(=O)(=O)Nc1ccc(N2CC[NH+](C)CC2)cc1. The minimum Gasteiger partial charge on any atom is -0.465 e. The van der Waals surface area contributed by atoms with Gasteiger partial charge in [0.25, 0.3) is 10.0 Å². The third-order valence-electron chi connectivity index (χ3n) is 4.39. The van der Waals surface area contributed by atoms with E-state index in [1.54, 1.807) is 17.5 Å². The van der Waals surface area contributed by atoms with Crippen LogP contribution in [0.25, 0.3) is 0 Å². The van der Waals surface area contributed by atoms with Crippen molar-refractivity contribution in [3.63, 3.8) is 0 Å². The fourth-order valence-corrected chi connectivity index (χ4v) is 5.24. The number of carbonyl (C=O) groups is 1. The average Bonchev–Trinajstić information content (AvgIpc) is 3.13. The summed E-state index contributed by atoms with van der Waals surface area (Å²) in [6, 6.07) is 8.70. The number of piperazine rings is 1. The molecule has 26 heavy (non-hydrogen) atoms. The predicted octanol–water partition coefficient (Wildman–Crippen LogP) is 0.670. The minimum atomic E-state index is -3.86. The van der Waals surface area contributed by atoms with Crippen molar-refractivity contribution in [2.75, 3.05) is 50.0 Å². The molecule has 7 nitrogen and oxygen atoms in total. The second-order valence-electron chi connectivity index (χ2n) is 6.20. The first-order valence-corrected chi connectivity index (χ1v) is 10.6. The molecular formula is C17H22N3O4S2+. The second kappa shape index (κ2) is 7.65. The number of quaternary nitrogens is 1. The summed E-state index contributed by atoms with van der Waals surface area (Å²) in [5, 5.41) is 1.55. The Balaban J connectivity index is 1.74. The highest BCUT2D eigenvalue weighted by atomic mass is 32.2. The third-order valence-corrected chi connectivity index (χ3v) is 6.84. The molecule has 140 valence electrons. The highest BCUT2D eigenvalue weighted by Crippen LogP contribution is 2.26. The van der Waals surface area contributed by atoms with Crippen LogP contribution in [0.15, 0.2) is 40.6 Å². The van der Waals surface area contributed by atoms with Gasteiger partial charge >= 0.3 is 5.97 Å². The van der Waals surface area contributed by atoms with Gasteiger partial charge in [-0.25, -0.2) is 13.2 Å². The standard InChI is InChI=1S/C17H21N3O4S2/c1-19-8-10-20(11-9-19)14-5-3-13(4-6-14)18-26(22,23)15-7-12-25-16(15)17(21)24-2/h3-7,12,18H,8-11H2,1-2H3/p+1. The van der Waals surface area contributed by atoms with E-state index in [2.05, 4.69) is 21.4 Å². The Kier molecular flexibility index (Phi) is 5.49. The average molecular weight is 397 g/mol. The summed E-state index contributed by atoms with van der Waals surface area (Å²) in [6.45, 7) is 4.13. The third kappa shape index (κ3) is 4.00. The van der Waals surface area contributed by atoms with E-state index in [-0.39, 0.29) is 9.77 Å². The zero-order valence-corrected chi connectivity index (χ0v) is 16.3. The van der Waals surface area contributed by atoms with Crippen molar-refractivity contribution in [2.24, 2.45) is 0 Å². The highest BCUT2D eigenvalue weighted by Gasteiger charge is 2.25. The number of esters is 1. The zero-order chi connectivity index (χ0) is 18.7. The summed E-state index contributed by atoms with van der Waals surface area (Å²) in [7, 11) is -0.449. The molecule has 0 spiro atoms. The summed E-state index contributed by atoms with van der Waals surface area (Å²) in [5.41, 5.74) is 1.53. The van der Waals surface area contributed by atoms with E-state index in [4.69, 9.17) is 0 Å². The number of likely N-dealkylation sites (N-methyl/N-ethyl adjacent to an activating group) is 1. The molecule has 1 aliphatic heterocycles. The van der Waals surface area contributed by atoms with Crippen molar-refractivity contribution in [3.05, 3.63) is 40.6 Å². The molecule has 2 aromatic rings. The van der Waals surface area contributed by atoms with Crippen LogP contribution in [-0.2, 0) is 14.8 Å². The Morgan fingerprint density at radius 2 is 1.85 bits per heavy atom. The van der Waals surface area contributed by atoms with Crippen molar-refractivity contribution in [1.29, 1.82) is 0 Å². The molecule has 1 aromatic carbocycles. The molecule has 0 aliphatic carbocycles. The van der Waals surface area contributed by atoms with Gasteiger partial charge < -0.3 is 14.5 Å². The Morgan fingerprint density at radius 1 is 1.19 bits per heavy atom. The van der Waals surface area contributed by atoms with Crippen LogP contribution in [0.2, 0.25) is 0 Å². The monoisotopic (exact) mass is 396 g/mol. The van der Waals surface area contributed by atoms with E-state index in [9.17, 15) is 13.2 Å². The molecule has 0 saturated carbocycles. The van der Waals surface area contributed by atoms with Crippen molar-refractivity contribution >= 4 is 38.7 Å². The number of hydrogen-bond acceptors (Lipinski definition) is 6. The van der Waals surface area contributed by atoms with Crippen LogP contribution in [0, 0.1) is 0 Å². The predicted molar refractivity (Wildman–Crippen MR) is 102 cm³/mol. The zero-order valence-electron chi connectivity index (χ0n) is 14.7. The maximum Gasteiger partial charge on any atom is 0.349 e. The summed E-state index contributed by atoms with van der Waals surface area (Å²) >= 11 is 1.04. The number of sulfonamides is 1. The maximum absolute atomic E-state index is 12.6. The van der Waals surface area contributed by atoms with Crippen molar-refractivity contribution in [1.82, 2.24) is 0 Å². The first-order valence-electron chi connectivity index (χ1n) is 8.25. The molecule has 0 unspecified atom stereocenters. The molecule has 9 heteroatoms. The molecule has 3 rings (SSSR count). The quantitative estimate of drug-likeness (QED) is 0.727. The van der Waals surface area contributed by atoms with Crippen molar-refractivity contribution < 1.29 is 22.8 Å².